The number of rotatable bonds is 6. The second-order valence-corrected chi connectivity index (χ2v) is 11.0. The van der Waals surface area contributed by atoms with E-state index < -0.39 is 0 Å². The number of pyridine rings is 1. The molecular formula is C26H33N5O2S. The van der Waals surface area contributed by atoms with Gasteiger partial charge in [-0.3, -0.25) is 4.79 Å². The summed E-state index contributed by atoms with van der Waals surface area (Å²) in [5.74, 6) is 1.49. The Labute approximate surface area is 205 Å². The average Bonchev–Trinajstić information content (AvgIpc) is 3.18. The summed E-state index contributed by atoms with van der Waals surface area (Å²) >= 11 is 1.46. The number of fused-ring (bicyclic) bond motifs is 1. The summed E-state index contributed by atoms with van der Waals surface area (Å²) < 4.78 is 5.21. The molecule has 2 saturated carbocycles. The molecule has 3 heterocycles. The highest BCUT2D eigenvalue weighted by Gasteiger charge is 2.41. The number of nitrogens with zero attached hydrogens (tertiary/aromatic N) is 5. The predicted molar refractivity (Wildman–Crippen MR) is 136 cm³/mol. The Bertz CT molecular complexity index is 1200. The molecule has 3 aromatic rings. The van der Waals surface area contributed by atoms with Crippen LogP contribution in [-0.4, -0.2) is 53.0 Å². The number of carbonyl (C=O) groups is 1. The van der Waals surface area contributed by atoms with Crippen molar-refractivity contribution in [3.63, 3.8) is 0 Å². The van der Waals surface area contributed by atoms with Gasteiger partial charge < -0.3 is 14.5 Å². The molecule has 180 valence electrons. The molecule has 7 nitrogen and oxygen atoms in total. The van der Waals surface area contributed by atoms with E-state index in [-0.39, 0.29) is 5.91 Å². The lowest BCUT2D eigenvalue weighted by molar-refractivity contribution is 0.0695. The second kappa shape index (κ2) is 9.13. The minimum Gasteiger partial charge on any atom is -0.481 e. The lowest BCUT2D eigenvalue weighted by Gasteiger charge is -2.48. The van der Waals surface area contributed by atoms with E-state index in [1.54, 1.807) is 24.5 Å². The normalized spacial score (nSPS) is 17.5. The van der Waals surface area contributed by atoms with Gasteiger partial charge in [0.2, 0.25) is 5.88 Å². The molecular weight excluding hydrogens is 446 g/mol. The van der Waals surface area contributed by atoms with Crippen LogP contribution in [0.2, 0.25) is 0 Å². The molecule has 1 spiro atoms. The maximum absolute atomic E-state index is 13.4. The fourth-order valence-corrected chi connectivity index (χ4v) is 6.79. The number of methoxy groups -OCH3 is 1. The summed E-state index contributed by atoms with van der Waals surface area (Å²) in [4.78, 5) is 32.5. The van der Waals surface area contributed by atoms with Crippen molar-refractivity contribution < 1.29 is 9.53 Å². The van der Waals surface area contributed by atoms with E-state index in [2.05, 4.69) is 21.9 Å². The zero-order chi connectivity index (χ0) is 23.9. The van der Waals surface area contributed by atoms with Crippen LogP contribution in [0.15, 0.2) is 24.7 Å². The minimum absolute atomic E-state index is 0.00512. The minimum atomic E-state index is -0.00512. The number of thiophene rings is 1. The molecule has 0 unspecified atom stereocenters. The molecule has 0 atom stereocenters. The summed E-state index contributed by atoms with van der Waals surface area (Å²) in [5.41, 5.74) is 2.58. The van der Waals surface area contributed by atoms with Gasteiger partial charge in [-0.2, -0.15) is 0 Å². The Morgan fingerprint density at radius 2 is 1.94 bits per heavy atom. The number of anilines is 1. The quantitative estimate of drug-likeness (QED) is 0.482. The fourth-order valence-electron chi connectivity index (χ4n) is 5.66. The van der Waals surface area contributed by atoms with Gasteiger partial charge in [0.25, 0.3) is 5.91 Å². The first-order valence-corrected chi connectivity index (χ1v) is 12.9. The van der Waals surface area contributed by atoms with Crippen molar-refractivity contribution in [2.75, 3.05) is 26.1 Å². The third-order valence-corrected chi connectivity index (χ3v) is 9.18. The lowest BCUT2D eigenvalue weighted by Crippen LogP contribution is -2.42. The summed E-state index contributed by atoms with van der Waals surface area (Å²) in [7, 11) is 5.58. The van der Waals surface area contributed by atoms with Gasteiger partial charge in [-0.25, -0.2) is 15.0 Å². The largest absolute Gasteiger partial charge is 0.481 e. The van der Waals surface area contributed by atoms with E-state index in [1.165, 1.54) is 56.3 Å². The zero-order valence-corrected chi connectivity index (χ0v) is 21.3. The number of aryl methyl sites for hydroxylation is 1. The van der Waals surface area contributed by atoms with Gasteiger partial charge in [0, 0.05) is 38.9 Å². The molecule has 0 radical (unpaired) electrons. The molecule has 2 aliphatic carbocycles. The molecule has 0 N–H and O–H groups in total. The van der Waals surface area contributed by atoms with E-state index in [4.69, 9.17) is 9.72 Å². The second-order valence-electron chi connectivity index (χ2n) is 10.00. The Kier molecular flexibility index (Phi) is 6.18. The summed E-state index contributed by atoms with van der Waals surface area (Å²) in [6, 6.07) is 4.26. The summed E-state index contributed by atoms with van der Waals surface area (Å²) in [6.07, 6.45) is 12.7. The number of carbonyl (C=O) groups excluding carboxylic acids is 1. The van der Waals surface area contributed by atoms with Crippen molar-refractivity contribution in [2.24, 2.45) is 5.41 Å². The first kappa shape index (κ1) is 23.0. The van der Waals surface area contributed by atoms with Crippen molar-refractivity contribution in [2.45, 2.75) is 64.5 Å². The van der Waals surface area contributed by atoms with E-state index in [9.17, 15) is 4.79 Å². The predicted octanol–water partition coefficient (Wildman–Crippen LogP) is 5.22. The van der Waals surface area contributed by atoms with Gasteiger partial charge in [-0.05, 0) is 68.1 Å². The van der Waals surface area contributed by atoms with E-state index in [1.807, 2.05) is 26.1 Å². The maximum atomic E-state index is 13.4. The Morgan fingerprint density at radius 1 is 1.18 bits per heavy atom. The average molecular weight is 480 g/mol. The highest BCUT2D eigenvalue weighted by Crippen LogP contribution is 2.52. The standard InChI is InChI=1S/C26H33N5O2S/c1-17-21-23(31(3)19-6-11-26(12-7-19)9-5-10-26)28-16-29-24(21)34-22(17)25(32)30(2)15-18-8-13-27-20(14-18)33-4/h8,13-14,16,19H,5-7,9-12,15H2,1-4H3. The third kappa shape index (κ3) is 4.13. The van der Waals surface area contributed by atoms with Crippen molar-refractivity contribution in [3.8, 4) is 5.88 Å². The molecule has 0 aliphatic heterocycles. The molecule has 2 fully saturated rings. The number of aromatic nitrogens is 3. The lowest BCUT2D eigenvalue weighted by atomic mass is 9.60. The van der Waals surface area contributed by atoms with E-state index in [0.717, 1.165) is 32.0 Å². The van der Waals surface area contributed by atoms with Crippen LogP contribution < -0.4 is 9.64 Å². The summed E-state index contributed by atoms with van der Waals surface area (Å²) in [6.45, 7) is 2.51. The van der Waals surface area contributed by atoms with Gasteiger partial charge in [0.1, 0.15) is 17.0 Å². The van der Waals surface area contributed by atoms with Crippen LogP contribution in [0.1, 0.15) is 65.7 Å². The highest BCUT2D eigenvalue weighted by molar-refractivity contribution is 7.20. The van der Waals surface area contributed by atoms with Crippen LogP contribution >= 0.6 is 11.3 Å². The molecule has 8 heteroatoms. The van der Waals surface area contributed by atoms with Crippen molar-refractivity contribution >= 4 is 33.3 Å². The molecule has 2 aliphatic rings. The first-order valence-electron chi connectivity index (χ1n) is 12.1. The third-order valence-electron chi connectivity index (χ3n) is 7.99. The van der Waals surface area contributed by atoms with Crippen LogP contribution in [0.3, 0.4) is 0 Å². The van der Waals surface area contributed by atoms with Crippen LogP contribution in [0.25, 0.3) is 10.2 Å². The van der Waals surface area contributed by atoms with Crippen molar-refractivity contribution in [1.82, 2.24) is 19.9 Å². The van der Waals surface area contributed by atoms with Crippen LogP contribution in [0.5, 0.6) is 5.88 Å². The molecule has 1 amide bonds. The van der Waals surface area contributed by atoms with E-state index in [0.29, 0.717) is 23.9 Å². The Morgan fingerprint density at radius 3 is 2.62 bits per heavy atom. The first-order chi connectivity index (χ1) is 16.4. The van der Waals surface area contributed by atoms with Crippen LogP contribution in [0.4, 0.5) is 5.82 Å². The van der Waals surface area contributed by atoms with Gasteiger partial charge >= 0.3 is 0 Å². The summed E-state index contributed by atoms with van der Waals surface area (Å²) in [5, 5.41) is 1.02. The molecule has 0 aromatic carbocycles. The maximum Gasteiger partial charge on any atom is 0.264 e. The van der Waals surface area contributed by atoms with Gasteiger partial charge in [0.05, 0.1) is 17.4 Å². The van der Waals surface area contributed by atoms with Crippen molar-refractivity contribution in [3.05, 3.63) is 40.7 Å². The monoisotopic (exact) mass is 479 g/mol. The highest BCUT2D eigenvalue weighted by atomic mass is 32.1. The van der Waals surface area contributed by atoms with E-state index >= 15 is 0 Å². The van der Waals surface area contributed by atoms with Gasteiger partial charge in [0.15, 0.2) is 0 Å². The van der Waals surface area contributed by atoms with Crippen LogP contribution in [0, 0.1) is 12.3 Å². The molecule has 5 rings (SSSR count). The molecule has 0 bridgehead atoms. The Balaban J connectivity index is 1.37. The number of hydrogen-bond acceptors (Lipinski definition) is 7. The number of amides is 1. The van der Waals surface area contributed by atoms with Gasteiger partial charge in [-0.15, -0.1) is 11.3 Å². The Hall–Kier alpha value is -2.74. The van der Waals surface area contributed by atoms with Crippen molar-refractivity contribution in [1.29, 1.82) is 0 Å². The zero-order valence-electron chi connectivity index (χ0n) is 20.5. The smallest absolute Gasteiger partial charge is 0.264 e. The SMILES string of the molecule is COc1cc(CN(C)C(=O)c2sc3ncnc(N(C)C4CCC5(CCC5)CC4)c3c2C)ccn1. The van der Waals surface area contributed by atoms with Crippen LogP contribution in [-0.2, 0) is 6.54 Å². The number of hydrogen-bond donors (Lipinski definition) is 0. The number of ether oxygens (including phenoxy) is 1. The molecule has 0 saturated heterocycles. The molecule has 3 aromatic heterocycles. The van der Waals surface area contributed by atoms with Gasteiger partial charge in [-0.1, -0.05) is 6.42 Å². The fraction of sp³-hybridized carbons (Fsp3) is 0.538. The molecule has 34 heavy (non-hydrogen) atoms. The topological polar surface area (TPSA) is 71.5 Å².